The molecule has 2 heterocycles. The van der Waals surface area contributed by atoms with Gasteiger partial charge >= 0.3 is 5.97 Å². The van der Waals surface area contributed by atoms with Crippen LogP contribution in [0.5, 0.6) is 0 Å². The van der Waals surface area contributed by atoms with Crippen LogP contribution in [0.1, 0.15) is 39.4 Å². The lowest BCUT2D eigenvalue weighted by molar-refractivity contribution is -0.147. The molecule has 0 fully saturated rings. The fourth-order valence-corrected chi connectivity index (χ4v) is 5.42. The first kappa shape index (κ1) is 22.9. The molecule has 1 spiro atoms. The molecule has 4 aromatic rings. The summed E-state index contributed by atoms with van der Waals surface area (Å²) >= 11 is 0. The molecule has 6 rings (SSSR count). The van der Waals surface area contributed by atoms with E-state index in [4.69, 9.17) is 9.83 Å². The van der Waals surface area contributed by atoms with Crippen molar-refractivity contribution in [3.63, 3.8) is 0 Å². The zero-order valence-corrected chi connectivity index (χ0v) is 20.8. The predicted octanol–water partition coefficient (Wildman–Crippen LogP) is 6.88. The van der Waals surface area contributed by atoms with E-state index in [0.29, 0.717) is 5.71 Å². The van der Waals surface area contributed by atoms with Crippen molar-refractivity contribution in [2.24, 2.45) is 15.6 Å². The van der Waals surface area contributed by atoms with E-state index in [-0.39, 0.29) is 0 Å². The highest BCUT2D eigenvalue weighted by molar-refractivity contribution is 6.32. The number of hydrogen-bond donors (Lipinski definition) is 0. The van der Waals surface area contributed by atoms with Gasteiger partial charge in [-0.3, -0.25) is 4.99 Å². The van der Waals surface area contributed by atoms with E-state index in [1.807, 2.05) is 84.9 Å². The van der Waals surface area contributed by atoms with Gasteiger partial charge in [-0.2, -0.15) is 0 Å². The second-order valence-electron chi connectivity index (χ2n) is 9.51. The third-order valence-electron chi connectivity index (χ3n) is 7.33. The van der Waals surface area contributed by atoms with Crippen LogP contribution in [-0.4, -0.2) is 17.4 Å². The fraction of sp³-hybridized carbons (Fsp3) is 0.121. The van der Waals surface area contributed by atoms with Gasteiger partial charge in [0.25, 0.3) is 0 Å². The van der Waals surface area contributed by atoms with Crippen LogP contribution in [0.15, 0.2) is 125 Å². The lowest BCUT2D eigenvalue weighted by atomic mass is 9.66. The fourth-order valence-electron chi connectivity index (χ4n) is 5.42. The van der Waals surface area contributed by atoms with Gasteiger partial charge in [0.05, 0.1) is 5.71 Å². The van der Waals surface area contributed by atoms with Crippen LogP contribution >= 0.6 is 0 Å². The molecule has 4 aromatic carbocycles. The second-order valence-corrected chi connectivity index (χ2v) is 9.51. The highest BCUT2D eigenvalue weighted by atomic mass is 16.7. The SMILES string of the molecule is Cc1ccccc1/C=C1/C(c2ccccc2)=N[C@H](c2ccccc2C)[C@]12C(=O)ON=C2c1ccccc1. The number of aliphatic imine (C=N–C) groups is 1. The zero-order chi connectivity index (χ0) is 25.4. The van der Waals surface area contributed by atoms with E-state index in [1.165, 1.54) is 0 Å². The van der Waals surface area contributed by atoms with Crippen molar-refractivity contribution < 1.29 is 9.63 Å². The summed E-state index contributed by atoms with van der Waals surface area (Å²) in [5.41, 5.74) is 6.89. The number of carbonyl (C=O) groups excluding carboxylic acids is 1. The van der Waals surface area contributed by atoms with Crippen molar-refractivity contribution in [3.8, 4) is 0 Å². The first-order valence-electron chi connectivity index (χ1n) is 12.4. The molecule has 2 atom stereocenters. The normalized spacial score (nSPS) is 21.7. The van der Waals surface area contributed by atoms with Gasteiger partial charge in [0.15, 0.2) is 5.41 Å². The van der Waals surface area contributed by atoms with E-state index < -0.39 is 17.4 Å². The van der Waals surface area contributed by atoms with E-state index in [9.17, 15) is 4.79 Å². The summed E-state index contributed by atoms with van der Waals surface area (Å²) in [5.74, 6) is -0.408. The lowest BCUT2D eigenvalue weighted by Crippen LogP contribution is -2.41. The third-order valence-corrected chi connectivity index (χ3v) is 7.33. The Morgan fingerprint density at radius 3 is 2.00 bits per heavy atom. The molecule has 0 amide bonds. The zero-order valence-electron chi connectivity index (χ0n) is 20.8. The van der Waals surface area contributed by atoms with E-state index in [1.54, 1.807) is 0 Å². The Hall–Kier alpha value is -4.57. The first-order chi connectivity index (χ1) is 18.1. The molecular weight excluding hydrogens is 456 g/mol. The standard InChI is InChI=1S/C33H26N2O2/c1-22-13-9-11-19-26(22)21-28-29(24-15-5-3-6-16-24)34-31(27-20-12-10-14-23(27)2)33(28)30(35-37-32(33)36)25-17-7-4-8-18-25/h3-21,31H,1-2H3/b28-21-/t31-,33+/m1/s1. The van der Waals surface area contributed by atoms with Gasteiger partial charge in [-0.1, -0.05) is 114 Å². The van der Waals surface area contributed by atoms with Gasteiger partial charge in [0.2, 0.25) is 0 Å². The summed E-state index contributed by atoms with van der Waals surface area (Å²) in [4.78, 5) is 25.0. The van der Waals surface area contributed by atoms with Gasteiger partial charge in [-0.05, 0) is 42.2 Å². The minimum atomic E-state index is -1.24. The molecule has 0 aromatic heterocycles. The average Bonchev–Trinajstić information content (AvgIpc) is 3.45. The topological polar surface area (TPSA) is 51.0 Å². The van der Waals surface area contributed by atoms with Crippen LogP contribution in [0.2, 0.25) is 0 Å². The summed E-state index contributed by atoms with van der Waals surface area (Å²) in [6.07, 6.45) is 2.10. The highest BCUT2D eigenvalue weighted by Crippen LogP contribution is 2.56. The number of benzene rings is 4. The smallest absolute Gasteiger partial charge is 0.316 e. The van der Waals surface area contributed by atoms with Gasteiger partial charge in [-0.15, -0.1) is 0 Å². The molecular formula is C33H26N2O2. The van der Waals surface area contributed by atoms with Crippen molar-refractivity contribution in [1.29, 1.82) is 0 Å². The molecule has 0 aliphatic carbocycles. The molecule has 180 valence electrons. The van der Waals surface area contributed by atoms with Crippen LogP contribution in [0.4, 0.5) is 0 Å². The predicted molar refractivity (Wildman–Crippen MR) is 148 cm³/mol. The highest BCUT2D eigenvalue weighted by Gasteiger charge is 2.63. The molecule has 0 radical (unpaired) electrons. The summed E-state index contributed by atoms with van der Waals surface area (Å²) in [6.45, 7) is 4.13. The Bertz CT molecular complexity index is 1590. The minimum Gasteiger partial charge on any atom is -0.316 e. The molecule has 4 nitrogen and oxygen atoms in total. The average molecular weight is 483 g/mol. The van der Waals surface area contributed by atoms with E-state index in [0.717, 1.165) is 44.7 Å². The van der Waals surface area contributed by atoms with Crippen LogP contribution in [0, 0.1) is 19.3 Å². The summed E-state index contributed by atoms with van der Waals surface area (Å²) < 4.78 is 0. The molecule has 2 aliphatic rings. The maximum absolute atomic E-state index is 14.1. The van der Waals surface area contributed by atoms with Crippen molar-refractivity contribution in [3.05, 3.63) is 148 Å². The number of carbonyl (C=O) groups is 1. The Labute approximate surface area is 216 Å². The molecule has 2 aliphatic heterocycles. The molecule has 0 saturated carbocycles. The molecule has 0 unspecified atom stereocenters. The lowest BCUT2D eigenvalue weighted by Gasteiger charge is -2.30. The Morgan fingerprint density at radius 1 is 0.730 bits per heavy atom. The monoisotopic (exact) mass is 482 g/mol. The van der Waals surface area contributed by atoms with Crippen molar-refractivity contribution >= 4 is 23.5 Å². The van der Waals surface area contributed by atoms with Gasteiger partial charge in [0, 0.05) is 16.7 Å². The molecule has 4 heteroatoms. The van der Waals surface area contributed by atoms with Gasteiger partial charge in [-0.25, -0.2) is 4.79 Å². The van der Waals surface area contributed by atoms with E-state index in [2.05, 4.69) is 49.3 Å². The molecule has 37 heavy (non-hydrogen) atoms. The maximum Gasteiger partial charge on any atom is 0.354 e. The Balaban J connectivity index is 1.70. The second kappa shape index (κ2) is 9.14. The van der Waals surface area contributed by atoms with Crippen molar-refractivity contribution in [1.82, 2.24) is 0 Å². The Morgan fingerprint density at radius 2 is 1.32 bits per heavy atom. The Kier molecular flexibility index (Phi) is 5.65. The molecule has 0 saturated heterocycles. The van der Waals surface area contributed by atoms with Crippen LogP contribution < -0.4 is 0 Å². The third kappa shape index (κ3) is 3.64. The molecule has 0 bridgehead atoms. The van der Waals surface area contributed by atoms with Crippen LogP contribution in [-0.2, 0) is 9.63 Å². The number of oxime groups is 1. The number of rotatable bonds is 4. The number of aryl methyl sites for hydroxylation is 2. The van der Waals surface area contributed by atoms with Gasteiger partial charge < -0.3 is 4.84 Å². The maximum atomic E-state index is 14.1. The first-order valence-corrected chi connectivity index (χ1v) is 12.4. The van der Waals surface area contributed by atoms with Crippen LogP contribution in [0.3, 0.4) is 0 Å². The van der Waals surface area contributed by atoms with Crippen molar-refractivity contribution in [2.75, 3.05) is 0 Å². The largest absolute Gasteiger partial charge is 0.354 e. The van der Waals surface area contributed by atoms with Crippen LogP contribution in [0.25, 0.3) is 6.08 Å². The summed E-state index contributed by atoms with van der Waals surface area (Å²) in [6, 6.07) is 35.6. The number of nitrogens with zero attached hydrogens (tertiary/aromatic N) is 2. The van der Waals surface area contributed by atoms with Gasteiger partial charge in [0.1, 0.15) is 11.8 Å². The molecule has 0 N–H and O–H groups in total. The van der Waals surface area contributed by atoms with E-state index >= 15 is 0 Å². The summed E-state index contributed by atoms with van der Waals surface area (Å²) in [7, 11) is 0. The number of hydrogen-bond acceptors (Lipinski definition) is 4. The van der Waals surface area contributed by atoms with Crippen molar-refractivity contribution in [2.45, 2.75) is 19.9 Å². The summed E-state index contributed by atoms with van der Waals surface area (Å²) in [5, 5.41) is 4.42. The minimum absolute atomic E-state index is 0.408. The quantitative estimate of drug-likeness (QED) is 0.298.